The van der Waals surface area contributed by atoms with E-state index in [1.807, 2.05) is 17.0 Å². The number of aryl methyl sites for hydroxylation is 1. The molecule has 0 aliphatic rings. The van der Waals surface area contributed by atoms with Crippen LogP contribution in [0.2, 0.25) is 0 Å². The molecule has 10 nitrogen and oxygen atoms in total. The van der Waals surface area contributed by atoms with E-state index in [2.05, 4.69) is 20.6 Å². The number of urea groups is 1. The number of nitrogens with one attached hydrogen (secondary N) is 3. The van der Waals surface area contributed by atoms with Crippen molar-refractivity contribution in [1.29, 1.82) is 0 Å². The first-order valence-corrected chi connectivity index (χ1v) is 11.5. The summed E-state index contributed by atoms with van der Waals surface area (Å²) in [5, 5.41) is 13.5. The number of carboxylic acid groups (broad SMARTS) is 1. The maximum absolute atomic E-state index is 13.9. The van der Waals surface area contributed by atoms with Gasteiger partial charge in [-0.2, -0.15) is 4.98 Å². The van der Waals surface area contributed by atoms with Crippen molar-refractivity contribution in [3.63, 3.8) is 0 Å². The van der Waals surface area contributed by atoms with E-state index in [1.54, 1.807) is 12.1 Å². The quantitative estimate of drug-likeness (QED) is 0.263. The Morgan fingerprint density at radius 2 is 1.84 bits per heavy atom. The molecule has 3 rings (SSSR count). The number of nitrogens with zero attached hydrogens (tertiary/aromatic N) is 2. The maximum Gasteiger partial charge on any atom is 0.326 e. The van der Waals surface area contributed by atoms with E-state index in [1.165, 1.54) is 13.1 Å². The molecule has 3 aromatic rings. The number of nitrogens with two attached hydrogens (primary N) is 1. The van der Waals surface area contributed by atoms with Gasteiger partial charge in [-0.05, 0) is 49.2 Å². The Morgan fingerprint density at radius 3 is 2.49 bits per heavy atom. The SMILES string of the molecule is Cc1cc(NC(=O)Nc2nc(=O)c(-c3ccc(CN(CCCN)CCC(=O)O)cc3)c[nH]2)c(F)cc1F. The lowest BCUT2D eigenvalue weighted by molar-refractivity contribution is -0.137. The molecule has 6 N–H and O–H groups in total. The van der Waals surface area contributed by atoms with Gasteiger partial charge in [0.2, 0.25) is 5.95 Å². The minimum atomic E-state index is -0.942. The Hall–Kier alpha value is -4.16. The summed E-state index contributed by atoms with van der Waals surface area (Å²) in [6.45, 7) is 3.54. The van der Waals surface area contributed by atoms with Gasteiger partial charge >= 0.3 is 12.0 Å². The number of hydrogen-bond acceptors (Lipinski definition) is 6. The Labute approximate surface area is 211 Å². The van der Waals surface area contributed by atoms with E-state index in [0.717, 1.165) is 18.1 Å². The molecule has 0 saturated heterocycles. The summed E-state index contributed by atoms with van der Waals surface area (Å²) in [4.78, 5) is 44.2. The predicted molar refractivity (Wildman–Crippen MR) is 135 cm³/mol. The van der Waals surface area contributed by atoms with Crippen LogP contribution in [0.3, 0.4) is 0 Å². The van der Waals surface area contributed by atoms with Crippen LogP contribution in [0.4, 0.5) is 25.2 Å². The van der Waals surface area contributed by atoms with Gasteiger partial charge in [-0.1, -0.05) is 24.3 Å². The number of carboxylic acids is 1. The Balaban J connectivity index is 1.65. The van der Waals surface area contributed by atoms with Crippen molar-refractivity contribution in [2.24, 2.45) is 5.73 Å². The summed E-state index contributed by atoms with van der Waals surface area (Å²) >= 11 is 0. The predicted octanol–water partition coefficient (Wildman–Crippen LogP) is 3.29. The van der Waals surface area contributed by atoms with Crippen LogP contribution in [0.1, 0.15) is 24.0 Å². The molecule has 12 heteroatoms. The number of aromatic nitrogens is 2. The van der Waals surface area contributed by atoms with E-state index in [0.29, 0.717) is 37.8 Å². The first kappa shape index (κ1) is 27.4. The van der Waals surface area contributed by atoms with Crippen LogP contribution in [0.15, 0.2) is 47.4 Å². The highest BCUT2D eigenvalue weighted by atomic mass is 19.1. The van der Waals surface area contributed by atoms with Crippen LogP contribution >= 0.6 is 0 Å². The van der Waals surface area contributed by atoms with Crippen LogP contribution in [0.5, 0.6) is 0 Å². The fraction of sp³-hybridized carbons (Fsp3) is 0.280. The molecule has 0 atom stereocenters. The zero-order valence-electron chi connectivity index (χ0n) is 20.2. The molecular formula is C25H28F2N6O4. The number of hydrogen-bond donors (Lipinski definition) is 5. The van der Waals surface area contributed by atoms with Crippen molar-refractivity contribution in [2.45, 2.75) is 26.3 Å². The average molecular weight is 515 g/mol. The lowest BCUT2D eigenvalue weighted by Gasteiger charge is -2.21. The van der Waals surface area contributed by atoms with Gasteiger partial charge in [-0.25, -0.2) is 13.6 Å². The van der Waals surface area contributed by atoms with E-state index in [-0.39, 0.29) is 29.2 Å². The smallest absolute Gasteiger partial charge is 0.326 e. The number of benzene rings is 2. The third-order valence-electron chi connectivity index (χ3n) is 5.52. The third kappa shape index (κ3) is 7.92. The van der Waals surface area contributed by atoms with Gasteiger partial charge < -0.3 is 21.1 Å². The fourth-order valence-corrected chi connectivity index (χ4v) is 3.57. The topological polar surface area (TPSA) is 153 Å². The van der Waals surface area contributed by atoms with Crippen LogP contribution in [0, 0.1) is 18.6 Å². The highest BCUT2D eigenvalue weighted by Gasteiger charge is 2.13. The highest BCUT2D eigenvalue weighted by Crippen LogP contribution is 2.20. The molecule has 0 saturated carbocycles. The minimum Gasteiger partial charge on any atom is -0.481 e. The number of halogens is 2. The van der Waals surface area contributed by atoms with Gasteiger partial charge in [0.1, 0.15) is 11.6 Å². The van der Waals surface area contributed by atoms with Crippen molar-refractivity contribution >= 4 is 23.6 Å². The molecule has 2 aromatic carbocycles. The van der Waals surface area contributed by atoms with E-state index < -0.39 is 29.2 Å². The molecule has 1 heterocycles. The molecule has 2 amide bonds. The highest BCUT2D eigenvalue weighted by molar-refractivity contribution is 5.98. The first-order chi connectivity index (χ1) is 17.7. The zero-order chi connectivity index (χ0) is 26.9. The normalized spacial score (nSPS) is 10.9. The van der Waals surface area contributed by atoms with Gasteiger partial charge in [0.25, 0.3) is 5.56 Å². The van der Waals surface area contributed by atoms with E-state index >= 15 is 0 Å². The average Bonchev–Trinajstić information content (AvgIpc) is 2.85. The number of amides is 2. The molecule has 196 valence electrons. The number of carbonyl (C=O) groups excluding carboxylic acids is 1. The number of carbonyl (C=O) groups is 2. The number of rotatable bonds is 11. The van der Waals surface area contributed by atoms with Gasteiger partial charge in [0.05, 0.1) is 17.7 Å². The number of aliphatic carboxylic acids is 1. The van der Waals surface area contributed by atoms with E-state index in [4.69, 9.17) is 10.8 Å². The Bertz CT molecular complexity index is 1310. The largest absolute Gasteiger partial charge is 0.481 e. The van der Waals surface area contributed by atoms with Crippen molar-refractivity contribution in [2.75, 3.05) is 30.3 Å². The Kier molecular flexibility index (Phi) is 9.41. The fourth-order valence-electron chi connectivity index (χ4n) is 3.57. The molecule has 0 radical (unpaired) electrons. The molecule has 37 heavy (non-hydrogen) atoms. The standard InChI is InChI=1S/C25H28F2N6O4/c1-15-11-21(20(27)12-19(15)26)30-25(37)32-24-29-13-18(23(36)31-24)17-5-3-16(4-6-17)14-33(9-2-8-28)10-7-22(34)35/h3-6,11-13H,2,7-10,14,28H2,1H3,(H,34,35)(H3,29,30,31,32,36,37). The summed E-state index contributed by atoms with van der Waals surface area (Å²) in [6.07, 6.45) is 2.17. The second kappa shape index (κ2) is 12.7. The maximum atomic E-state index is 13.9. The van der Waals surface area contributed by atoms with Gasteiger partial charge in [-0.3, -0.25) is 19.8 Å². The van der Waals surface area contributed by atoms with Crippen molar-refractivity contribution < 1.29 is 23.5 Å². The Morgan fingerprint density at radius 1 is 1.11 bits per heavy atom. The van der Waals surface area contributed by atoms with Gasteiger partial charge in [0.15, 0.2) is 0 Å². The van der Waals surface area contributed by atoms with Gasteiger partial charge in [-0.15, -0.1) is 0 Å². The number of H-pyrrole nitrogens is 1. The molecule has 0 unspecified atom stereocenters. The molecule has 0 aliphatic heterocycles. The number of anilines is 2. The molecule has 0 fully saturated rings. The van der Waals surface area contributed by atoms with Crippen molar-refractivity contribution in [3.8, 4) is 11.1 Å². The minimum absolute atomic E-state index is 0.0284. The molecule has 0 spiro atoms. The first-order valence-electron chi connectivity index (χ1n) is 11.5. The summed E-state index contributed by atoms with van der Waals surface area (Å²) < 4.78 is 27.3. The molecule has 0 aliphatic carbocycles. The summed E-state index contributed by atoms with van der Waals surface area (Å²) in [5.74, 6) is -2.70. The number of aromatic amines is 1. The lowest BCUT2D eigenvalue weighted by Crippen LogP contribution is -2.28. The second-order valence-corrected chi connectivity index (χ2v) is 8.39. The van der Waals surface area contributed by atoms with Gasteiger partial charge in [0, 0.05) is 25.4 Å². The summed E-state index contributed by atoms with van der Waals surface area (Å²) in [6, 6.07) is 8.12. The van der Waals surface area contributed by atoms with Crippen LogP contribution < -0.4 is 21.9 Å². The lowest BCUT2D eigenvalue weighted by atomic mass is 10.1. The van der Waals surface area contributed by atoms with Crippen molar-refractivity contribution in [1.82, 2.24) is 14.9 Å². The van der Waals surface area contributed by atoms with Crippen LogP contribution in [0.25, 0.3) is 11.1 Å². The van der Waals surface area contributed by atoms with Crippen molar-refractivity contribution in [3.05, 3.63) is 75.7 Å². The zero-order valence-corrected chi connectivity index (χ0v) is 20.2. The third-order valence-corrected chi connectivity index (χ3v) is 5.52. The van der Waals surface area contributed by atoms with E-state index in [9.17, 15) is 23.2 Å². The second-order valence-electron chi connectivity index (χ2n) is 8.39. The molecule has 0 bridgehead atoms. The molecular weight excluding hydrogens is 486 g/mol. The molecule has 1 aromatic heterocycles. The van der Waals surface area contributed by atoms with Crippen LogP contribution in [-0.2, 0) is 11.3 Å². The summed E-state index contributed by atoms with van der Waals surface area (Å²) in [5.41, 5.74) is 6.71. The monoisotopic (exact) mass is 514 g/mol. The van der Waals surface area contributed by atoms with Crippen LogP contribution in [-0.4, -0.2) is 51.6 Å². The summed E-state index contributed by atoms with van der Waals surface area (Å²) in [7, 11) is 0.